The summed E-state index contributed by atoms with van der Waals surface area (Å²) in [4.78, 5) is 6.95. The molecule has 1 saturated heterocycles. The van der Waals surface area contributed by atoms with Gasteiger partial charge in [-0.05, 0) is 57.6 Å². The minimum Gasteiger partial charge on any atom is -0.424 e. The molecule has 3 aromatic rings. The van der Waals surface area contributed by atoms with E-state index in [9.17, 15) is 4.39 Å². The van der Waals surface area contributed by atoms with Crippen LogP contribution in [0.4, 0.5) is 10.2 Å². The highest BCUT2D eigenvalue weighted by Crippen LogP contribution is 2.38. The first-order valence-electron chi connectivity index (χ1n) is 11.0. The Kier molecular flexibility index (Phi) is 5.33. The highest BCUT2D eigenvalue weighted by atomic mass is 35.5. The molecule has 2 bridgehead atoms. The molecule has 170 valence electrons. The van der Waals surface area contributed by atoms with E-state index in [2.05, 4.69) is 26.1 Å². The van der Waals surface area contributed by atoms with Gasteiger partial charge in [-0.2, -0.15) is 14.8 Å². The number of nitrogens with two attached hydrogens (primary N) is 1. The minimum absolute atomic E-state index is 0.0285. The second-order valence-corrected chi connectivity index (χ2v) is 9.51. The van der Waals surface area contributed by atoms with Gasteiger partial charge in [0.05, 0.1) is 11.7 Å². The van der Waals surface area contributed by atoms with Crippen LogP contribution in [-0.4, -0.2) is 43.7 Å². The van der Waals surface area contributed by atoms with Gasteiger partial charge in [-0.25, -0.2) is 9.07 Å². The lowest BCUT2D eigenvalue weighted by molar-refractivity contribution is 0.353. The number of aromatic nitrogens is 5. The Morgan fingerprint density at radius 1 is 1.12 bits per heavy atom. The van der Waals surface area contributed by atoms with Crippen molar-refractivity contribution in [2.24, 2.45) is 17.6 Å². The van der Waals surface area contributed by atoms with Crippen LogP contribution in [0.15, 0.2) is 24.3 Å². The number of ether oxygens (including phenoxy) is 1. The van der Waals surface area contributed by atoms with Gasteiger partial charge < -0.3 is 15.4 Å². The van der Waals surface area contributed by atoms with E-state index in [0.717, 1.165) is 24.6 Å². The summed E-state index contributed by atoms with van der Waals surface area (Å²) in [6.07, 6.45) is 2.34. The molecule has 1 aliphatic heterocycles. The molecule has 2 fully saturated rings. The van der Waals surface area contributed by atoms with Crippen molar-refractivity contribution in [1.29, 1.82) is 0 Å². The highest BCUT2D eigenvalue weighted by molar-refractivity contribution is 6.30. The van der Waals surface area contributed by atoms with E-state index >= 15 is 0 Å². The molecule has 2 aromatic heterocycles. The van der Waals surface area contributed by atoms with E-state index in [1.54, 1.807) is 15.4 Å². The van der Waals surface area contributed by atoms with E-state index < -0.39 is 5.82 Å². The maximum Gasteiger partial charge on any atom is 0.322 e. The van der Waals surface area contributed by atoms with Crippen molar-refractivity contribution in [3.8, 4) is 17.7 Å². The van der Waals surface area contributed by atoms with Crippen molar-refractivity contribution < 1.29 is 9.13 Å². The summed E-state index contributed by atoms with van der Waals surface area (Å²) < 4.78 is 23.1. The fraction of sp³-hybridized carbons (Fsp3) is 0.500. The number of hydrogen-bond donors (Lipinski definition) is 1. The first-order valence-corrected chi connectivity index (χ1v) is 11.3. The van der Waals surface area contributed by atoms with Gasteiger partial charge in [0.15, 0.2) is 0 Å². The Labute approximate surface area is 191 Å². The van der Waals surface area contributed by atoms with Crippen LogP contribution in [-0.2, 0) is 0 Å². The van der Waals surface area contributed by atoms with Crippen LogP contribution in [0, 0.1) is 24.6 Å². The largest absolute Gasteiger partial charge is 0.424 e. The van der Waals surface area contributed by atoms with Crippen molar-refractivity contribution in [1.82, 2.24) is 24.5 Å². The van der Waals surface area contributed by atoms with E-state index in [-0.39, 0.29) is 28.9 Å². The van der Waals surface area contributed by atoms with E-state index in [0.29, 0.717) is 17.8 Å². The molecule has 32 heavy (non-hydrogen) atoms. The fourth-order valence-electron chi connectivity index (χ4n) is 4.80. The number of halogens is 2. The van der Waals surface area contributed by atoms with Crippen molar-refractivity contribution in [2.75, 3.05) is 18.0 Å². The zero-order valence-corrected chi connectivity index (χ0v) is 19.1. The lowest BCUT2D eigenvalue weighted by Crippen LogP contribution is -2.49. The van der Waals surface area contributed by atoms with Crippen LogP contribution < -0.4 is 15.4 Å². The molecule has 2 aliphatic rings. The summed E-state index contributed by atoms with van der Waals surface area (Å²) in [7, 11) is 0. The van der Waals surface area contributed by atoms with Gasteiger partial charge in [0.2, 0.25) is 0 Å². The monoisotopic (exact) mass is 459 g/mol. The SMILES string of the molecule is Cc1cc(N2CC3CCC(C2)C3N)n(-c2nc(Oc3cc(F)cc(Cl)c3)n(C(C)C)n2)n1. The van der Waals surface area contributed by atoms with Crippen LogP contribution in [0.3, 0.4) is 0 Å². The number of nitrogens with zero attached hydrogens (tertiary/aromatic N) is 6. The normalized spacial score (nSPS) is 22.7. The molecule has 1 aromatic carbocycles. The minimum atomic E-state index is -0.480. The summed E-state index contributed by atoms with van der Waals surface area (Å²) in [6.45, 7) is 7.71. The number of aryl methyl sites for hydroxylation is 1. The fourth-order valence-corrected chi connectivity index (χ4v) is 5.01. The zero-order chi connectivity index (χ0) is 22.6. The number of fused-ring (bicyclic) bond motifs is 2. The zero-order valence-electron chi connectivity index (χ0n) is 18.4. The van der Waals surface area contributed by atoms with E-state index in [4.69, 9.17) is 22.1 Å². The van der Waals surface area contributed by atoms with E-state index in [1.165, 1.54) is 25.0 Å². The quantitative estimate of drug-likeness (QED) is 0.617. The third kappa shape index (κ3) is 3.84. The Morgan fingerprint density at radius 2 is 1.84 bits per heavy atom. The maximum atomic E-state index is 13.8. The number of anilines is 1. The number of rotatable bonds is 5. The Bertz CT molecular complexity index is 1110. The summed E-state index contributed by atoms with van der Waals surface area (Å²) in [5.74, 6) is 2.13. The maximum absolute atomic E-state index is 13.8. The first kappa shape index (κ1) is 21.2. The Morgan fingerprint density at radius 3 is 2.50 bits per heavy atom. The molecule has 2 atom stereocenters. The molecule has 5 rings (SSSR count). The average molecular weight is 460 g/mol. The standard InChI is InChI=1S/C22H27ClFN7O/c1-12(2)30-22(32-18-8-16(23)7-17(24)9-18)26-21(28-30)31-19(6-13(3)27-31)29-10-14-4-5-15(11-29)20(14)25/h6-9,12,14-15,20H,4-5,10-11,25H2,1-3H3. The molecule has 10 heteroatoms. The van der Waals surface area contributed by atoms with Gasteiger partial charge in [0.1, 0.15) is 17.4 Å². The van der Waals surface area contributed by atoms with Crippen molar-refractivity contribution in [2.45, 2.75) is 45.7 Å². The molecule has 0 spiro atoms. The first-order chi connectivity index (χ1) is 15.3. The van der Waals surface area contributed by atoms with Gasteiger partial charge in [0, 0.05) is 36.3 Å². The van der Waals surface area contributed by atoms with Crippen molar-refractivity contribution in [3.63, 3.8) is 0 Å². The second kappa shape index (κ2) is 8.04. The molecule has 2 N–H and O–H groups in total. The molecule has 0 amide bonds. The predicted molar refractivity (Wildman–Crippen MR) is 120 cm³/mol. The third-order valence-corrected chi connectivity index (χ3v) is 6.57. The van der Waals surface area contributed by atoms with Gasteiger partial charge in [0.25, 0.3) is 5.95 Å². The molecule has 3 heterocycles. The van der Waals surface area contributed by atoms with Crippen molar-refractivity contribution >= 4 is 17.4 Å². The topological polar surface area (TPSA) is 87.0 Å². The smallest absolute Gasteiger partial charge is 0.322 e. The summed E-state index contributed by atoms with van der Waals surface area (Å²) in [5, 5.41) is 9.57. The van der Waals surface area contributed by atoms with Crippen molar-refractivity contribution in [3.05, 3.63) is 40.8 Å². The van der Waals surface area contributed by atoms with Gasteiger partial charge in [-0.1, -0.05) is 11.6 Å². The summed E-state index contributed by atoms with van der Waals surface area (Å²) in [5.41, 5.74) is 7.28. The van der Waals surface area contributed by atoms with Gasteiger partial charge >= 0.3 is 6.01 Å². The van der Waals surface area contributed by atoms with Crippen LogP contribution in [0.2, 0.25) is 5.02 Å². The summed E-state index contributed by atoms with van der Waals surface area (Å²) in [6, 6.07) is 6.58. The molecule has 1 aliphatic carbocycles. The van der Waals surface area contributed by atoms with Gasteiger partial charge in [-0.3, -0.25) is 0 Å². The molecular weight excluding hydrogens is 433 g/mol. The summed E-state index contributed by atoms with van der Waals surface area (Å²) >= 11 is 5.98. The molecule has 1 saturated carbocycles. The Balaban J connectivity index is 1.50. The third-order valence-electron chi connectivity index (χ3n) is 6.36. The van der Waals surface area contributed by atoms with Crippen LogP contribution in [0.5, 0.6) is 11.8 Å². The average Bonchev–Trinajstić information content (AvgIpc) is 3.34. The molecule has 2 unspecified atom stereocenters. The lowest BCUT2D eigenvalue weighted by atomic mass is 9.93. The number of hydrogen-bond acceptors (Lipinski definition) is 6. The molecular formula is C22H27ClFN7O. The van der Waals surface area contributed by atoms with Crippen LogP contribution in [0.1, 0.15) is 38.4 Å². The lowest BCUT2D eigenvalue weighted by Gasteiger charge is -2.37. The van der Waals surface area contributed by atoms with E-state index in [1.807, 2.05) is 20.8 Å². The Hall–Kier alpha value is -2.65. The van der Waals surface area contributed by atoms with Gasteiger partial charge in [-0.15, -0.1) is 5.10 Å². The van der Waals surface area contributed by atoms with Crippen LogP contribution in [0.25, 0.3) is 5.95 Å². The molecule has 8 nitrogen and oxygen atoms in total. The van der Waals surface area contributed by atoms with Crippen LogP contribution >= 0.6 is 11.6 Å². The number of benzene rings is 1. The molecule has 0 radical (unpaired) electrons. The highest BCUT2D eigenvalue weighted by Gasteiger charge is 2.40. The second-order valence-electron chi connectivity index (χ2n) is 9.08. The number of piperidine rings is 1. The predicted octanol–water partition coefficient (Wildman–Crippen LogP) is 4.11.